The maximum Gasteiger partial charge on any atom is 0.204 e. The molecule has 4 heteroatoms. The third-order valence-corrected chi connectivity index (χ3v) is 3.23. The molecular weight excluding hydrogens is 292 g/mol. The van der Waals surface area contributed by atoms with E-state index in [1.807, 2.05) is 39.0 Å². The van der Waals surface area contributed by atoms with Crippen LogP contribution in [0.15, 0.2) is 42.5 Å². The monoisotopic (exact) mass is 314 g/mol. The van der Waals surface area contributed by atoms with Crippen LogP contribution in [0, 0.1) is 0 Å². The average Bonchev–Trinajstić information content (AvgIpc) is 2.58. The van der Waals surface area contributed by atoms with Gasteiger partial charge in [-0.3, -0.25) is 4.79 Å². The fourth-order valence-electron chi connectivity index (χ4n) is 2.31. The molecule has 2 rings (SSSR count). The third-order valence-electron chi connectivity index (χ3n) is 3.23. The van der Waals surface area contributed by atoms with Gasteiger partial charge in [-0.15, -0.1) is 0 Å². The van der Waals surface area contributed by atoms with Gasteiger partial charge >= 0.3 is 0 Å². The molecule has 0 radical (unpaired) electrons. The molecule has 0 saturated heterocycles. The number of ketones is 1. The van der Waals surface area contributed by atoms with Crippen LogP contribution in [0.1, 0.15) is 36.7 Å². The molecule has 23 heavy (non-hydrogen) atoms. The molecule has 0 spiro atoms. The first kappa shape index (κ1) is 16.9. The summed E-state index contributed by atoms with van der Waals surface area (Å²) in [5.74, 6) is 1.41. The molecule has 0 bridgehead atoms. The quantitative estimate of drug-likeness (QED) is 0.688. The minimum atomic E-state index is -0.0990. The van der Waals surface area contributed by atoms with E-state index in [2.05, 4.69) is 0 Å². The predicted octanol–water partition coefficient (Wildman–Crippen LogP) is 4.11. The summed E-state index contributed by atoms with van der Waals surface area (Å²) in [6, 6.07) is 12.6. The van der Waals surface area contributed by atoms with Crippen molar-refractivity contribution in [2.24, 2.45) is 0 Å². The van der Waals surface area contributed by atoms with Gasteiger partial charge in [-0.25, -0.2) is 0 Å². The first-order chi connectivity index (χ1) is 11.2. The zero-order valence-corrected chi connectivity index (χ0v) is 13.8. The smallest absolute Gasteiger partial charge is 0.204 e. The van der Waals surface area contributed by atoms with Crippen molar-refractivity contribution in [3.8, 4) is 17.2 Å². The van der Waals surface area contributed by atoms with Gasteiger partial charge in [-0.2, -0.15) is 0 Å². The van der Waals surface area contributed by atoms with Crippen LogP contribution in [0.5, 0.6) is 17.2 Å². The fraction of sp³-hybridized carbons (Fsp3) is 0.316. The fourth-order valence-corrected chi connectivity index (χ4v) is 2.31. The Morgan fingerprint density at radius 1 is 0.783 bits per heavy atom. The van der Waals surface area contributed by atoms with Crippen molar-refractivity contribution in [2.75, 3.05) is 19.8 Å². The summed E-state index contributed by atoms with van der Waals surface area (Å²) >= 11 is 0. The molecule has 0 amide bonds. The minimum Gasteiger partial charge on any atom is -0.490 e. The largest absolute Gasteiger partial charge is 0.490 e. The van der Waals surface area contributed by atoms with Gasteiger partial charge in [0.05, 0.1) is 25.4 Å². The van der Waals surface area contributed by atoms with Gasteiger partial charge in [-0.05, 0) is 32.9 Å². The Labute approximate surface area is 137 Å². The minimum absolute atomic E-state index is 0.0990. The summed E-state index contributed by atoms with van der Waals surface area (Å²) in [4.78, 5) is 12.8. The van der Waals surface area contributed by atoms with Crippen molar-refractivity contribution in [1.82, 2.24) is 0 Å². The normalized spacial score (nSPS) is 10.2. The van der Waals surface area contributed by atoms with E-state index < -0.39 is 0 Å². The van der Waals surface area contributed by atoms with E-state index in [-0.39, 0.29) is 5.78 Å². The van der Waals surface area contributed by atoms with Gasteiger partial charge in [0.15, 0.2) is 17.3 Å². The Bertz CT molecular complexity index is 650. The van der Waals surface area contributed by atoms with Crippen LogP contribution < -0.4 is 14.2 Å². The van der Waals surface area contributed by atoms with Crippen molar-refractivity contribution < 1.29 is 19.0 Å². The van der Waals surface area contributed by atoms with Gasteiger partial charge in [-0.1, -0.05) is 30.3 Å². The molecule has 0 atom stereocenters. The van der Waals surface area contributed by atoms with Crippen molar-refractivity contribution >= 4 is 5.78 Å². The molecule has 0 aliphatic rings. The maximum atomic E-state index is 12.8. The lowest BCUT2D eigenvalue weighted by atomic mass is 10.0. The Hall–Kier alpha value is -2.49. The van der Waals surface area contributed by atoms with Crippen molar-refractivity contribution in [3.63, 3.8) is 0 Å². The molecule has 0 fully saturated rings. The molecule has 0 aromatic heterocycles. The van der Waals surface area contributed by atoms with Gasteiger partial charge in [0.2, 0.25) is 5.75 Å². The van der Waals surface area contributed by atoms with Gasteiger partial charge < -0.3 is 14.2 Å². The number of hydrogen-bond donors (Lipinski definition) is 0. The van der Waals surface area contributed by atoms with E-state index in [1.54, 1.807) is 24.3 Å². The highest BCUT2D eigenvalue weighted by atomic mass is 16.5. The molecule has 0 heterocycles. The summed E-state index contributed by atoms with van der Waals surface area (Å²) < 4.78 is 17.0. The van der Waals surface area contributed by atoms with E-state index in [4.69, 9.17) is 14.2 Å². The summed E-state index contributed by atoms with van der Waals surface area (Å²) in [6.07, 6.45) is 0. The number of carbonyl (C=O) groups excluding carboxylic acids is 1. The maximum absolute atomic E-state index is 12.8. The van der Waals surface area contributed by atoms with Crippen LogP contribution in [0.3, 0.4) is 0 Å². The SMILES string of the molecule is CCOc1ccc(C(=O)c2ccccc2)c(OCC)c1OCC. The molecule has 122 valence electrons. The lowest BCUT2D eigenvalue weighted by Crippen LogP contribution is -2.09. The van der Waals surface area contributed by atoms with Crippen LogP contribution in [-0.2, 0) is 0 Å². The molecule has 0 aliphatic heterocycles. The molecule has 0 aliphatic carbocycles. The Morgan fingerprint density at radius 2 is 1.39 bits per heavy atom. The molecule has 0 saturated carbocycles. The molecular formula is C19H22O4. The molecule has 0 N–H and O–H groups in total. The highest BCUT2D eigenvalue weighted by molar-refractivity contribution is 6.11. The molecule has 2 aromatic carbocycles. The van der Waals surface area contributed by atoms with Crippen LogP contribution in [0.4, 0.5) is 0 Å². The zero-order valence-electron chi connectivity index (χ0n) is 13.8. The lowest BCUT2D eigenvalue weighted by Gasteiger charge is -2.18. The van der Waals surface area contributed by atoms with Crippen LogP contribution in [0.2, 0.25) is 0 Å². The number of hydrogen-bond acceptors (Lipinski definition) is 4. The lowest BCUT2D eigenvalue weighted by molar-refractivity contribution is 0.103. The third kappa shape index (κ3) is 3.83. The second-order valence-electron chi connectivity index (χ2n) is 4.76. The second-order valence-corrected chi connectivity index (χ2v) is 4.76. The Balaban J connectivity index is 2.54. The number of rotatable bonds is 8. The summed E-state index contributed by atoms with van der Waals surface area (Å²) in [5.41, 5.74) is 1.09. The standard InChI is InChI=1S/C19H22O4/c1-4-21-16-13-12-15(17(20)14-10-8-7-9-11-14)18(22-5-2)19(16)23-6-3/h7-13H,4-6H2,1-3H3. The molecule has 2 aromatic rings. The second kappa shape index (κ2) is 8.22. The van der Waals surface area contributed by atoms with Gasteiger partial charge in [0.1, 0.15) is 0 Å². The topological polar surface area (TPSA) is 44.8 Å². The van der Waals surface area contributed by atoms with Gasteiger partial charge in [0.25, 0.3) is 0 Å². The summed E-state index contributed by atoms with van der Waals surface area (Å²) in [7, 11) is 0. The predicted molar refractivity (Wildman–Crippen MR) is 89.8 cm³/mol. The number of carbonyl (C=O) groups is 1. The highest BCUT2D eigenvalue weighted by Gasteiger charge is 2.22. The van der Waals surface area contributed by atoms with Crippen molar-refractivity contribution in [3.05, 3.63) is 53.6 Å². The zero-order chi connectivity index (χ0) is 16.7. The van der Waals surface area contributed by atoms with E-state index >= 15 is 0 Å². The van der Waals surface area contributed by atoms with Crippen LogP contribution >= 0.6 is 0 Å². The van der Waals surface area contributed by atoms with E-state index in [1.165, 1.54) is 0 Å². The van der Waals surface area contributed by atoms with E-state index in [0.29, 0.717) is 48.2 Å². The Kier molecular flexibility index (Phi) is 6.03. The van der Waals surface area contributed by atoms with Gasteiger partial charge in [0, 0.05) is 5.56 Å². The number of ether oxygens (including phenoxy) is 3. The van der Waals surface area contributed by atoms with E-state index in [0.717, 1.165) is 0 Å². The van der Waals surface area contributed by atoms with E-state index in [9.17, 15) is 4.79 Å². The average molecular weight is 314 g/mol. The number of benzene rings is 2. The summed E-state index contributed by atoms with van der Waals surface area (Å²) in [5, 5.41) is 0. The first-order valence-electron chi connectivity index (χ1n) is 7.88. The summed E-state index contributed by atoms with van der Waals surface area (Å²) in [6.45, 7) is 7.07. The van der Waals surface area contributed by atoms with Crippen molar-refractivity contribution in [2.45, 2.75) is 20.8 Å². The Morgan fingerprint density at radius 3 is 2.00 bits per heavy atom. The molecule has 4 nitrogen and oxygen atoms in total. The molecule has 0 unspecified atom stereocenters. The first-order valence-corrected chi connectivity index (χ1v) is 7.88. The van der Waals surface area contributed by atoms with Crippen LogP contribution in [0.25, 0.3) is 0 Å². The van der Waals surface area contributed by atoms with Crippen LogP contribution in [-0.4, -0.2) is 25.6 Å². The highest BCUT2D eigenvalue weighted by Crippen LogP contribution is 2.41. The van der Waals surface area contributed by atoms with Crippen molar-refractivity contribution in [1.29, 1.82) is 0 Å².